The largest absolute Gasteiger partial charge is 0.352 e. The van der Waals surface area contributed by atoms with E-state index in [-0.39, 0.29) is 6.61 Å². The van der Waals surface area contributed by atoms with Crippen LogP contribution in [0.2, 0.25) is 0 Å². The van der Waals surface area contributed by atoms with E-state index in [1.54, 1.807) is 12.2 Å². The van der Waals surface area contributed by atoms with Crippen LogP contribution >= 0.6 is 0 Å². The molecule has 0 aromatic rings. The summed E-state index contributed by atoms with van der Waals surface area (Å²) in [5.41, 5.74) is 0. The molecule has 0 aliphatic carbocycles. The summed E-state index contributed by atoms with van der Waals surface area (Å²) in [7, 11) is -0.294. The molecular weight excluding hydrogens is 208 g/mol. The van der Waals surface area contributed by atoms with Crippen molar-refractivity contribution in [2.24, 2.45) is 0 Å². The molecule has 0 atom stereocenters. The molecule has 0 fully saturated rings. The molecule has 0 aliphatic heterocycles. The zero-order valence-corrected chi connectivity index (χ0v) is 9.41. The fourth-order valence-corrected chi connectivity index (χ4v) is 1.13. The van der Waals surface area contributed by atoms with Crippen molar-refractivity contribution in [3.63, 3.8) is 0 Å². The van der Waals surface area contributed by atoms with Crippen LogP contribution in [0.1, 0.15) is 6.42 Å². The first-order valence-corrected chi connectivity index (χ1v) is 5.88. The Morgan fingerprint density at radius 1 is 1.29 bits per heavy atom. The van der Waals surface area contributed by atoms with Gasteiger partial charge in [0, 0.05) is 14.2 Å². The third-order valence-corrected chi connectivity index (χ3v) is 1.93. The molecule has 0 radical (unpaired) electrons. The zero-order chi connectivity index (χ0) is 11.0. The molecule has 0 amide bonds. The lowest BCUT2D eigenvalue weighted by Gasteiger charge is -2.06. The molecule has 0 aliphatic rings. The summed E-state index contributed by atoms with van der Waals surface area (Å²) in [5.74, 6) is 0. The first-order valence-electron chi connectivity index (χ1n) is 4.06. The third-order valence-electron chi connectivity index (χ3n) is 1.34. The van der Waals surface area contributed by atoms with Crippen LogP contribution in [0.3, 0.4) is 0 Å². The first kappa shape index (κ1) is 13.6. The van der Waals surface area contributed by atoms with Gasteiger partial charge in [0.1, 0.15) is 0 Å². The number of hydrogen-bond donors (Lipinski definition) is 0. The normalized spacial score (nSPS) is 12.9. The van der Waals surface area contributed by atoms with Gasteiger partial charge >= 0.3 is 0 Å². The molecule has 0 rings (SSSR count). The van der Waals surface area contributed by atoms with E-state index in [0.29, 0.717) is 6.42 Å². The molecule has 0 aromatic carbocycles. The predicted octanol–water partition coefficient (Wildman–Crippen LogP) is 0.528. The minimum absolute atomic E-state index is 0.134. The summed E-state index contributed by atoms with van der Waals surface area (Å²) >= 11 is 0. The van der Waals surface area contributed by atoms with Gasteiger partial charge in [0.25, 0.3) is 10.1 Å². The number of rotatable bonds is 7. The van der Waals surface area contributed by atoms with Gasteiger partial charge in [-0.05, 0) is 12.5 Å². The quantitative estimate of drug-likeness (QED) is 0.273. The van der Waals surface area contributed by atoms with E-state index in [1.807, 2.05) is 0 Å². The Bertz CT molecular complexity index is 253. The number of hydrogen-bond acceptors (Lipinski definition) is 5. The molecule has 0 saturated carbocycles. The van der Waals surface area contributed by atoms with Gasteiger partial charge in [0.2, 0.25) is 0 Å². The van der Waals surface area contributed by atoms with E-state index in [0.717, 1.165) is 6.26 Å². The first-order chi connectivity index (χ1) is 6.49. The van der Waals surface area contributed by atoms with Crippen LogP contribution in [0, 0.1) is 0 Å². The highest BCUT2D eigenvalue weighted by Gasteiger charge is 2.00. The van der Waals surface area contributed by atoms with Crippen LogP contribution in [0.4, 0.5) is 0 Å². The van der Waals surface area contributed by atoms with Gasteiger partial charge in [0.15, 0.2) is 6.29 Å². The monoisotopic (exact) mass is 224 g/mol. The summed E-state index contributed by atoms with van der Waals surface area (Å²) in [6.07, 6.45) is 4.54. The van der Waals surface area contributed by atoms with Crippen molar-refractivity contribution in [2.75, 3.05) is 27.1 Å². The van der Waals surface area contributed by atoms with E-state index >= 15 is 0 Å². The lowest BCUT2D eigenvalue weighted by Crippen LogP contribution is -2.09. The number of ether oxygens (including phenoxy) is 2. The Morgan fingerprint density at radius 3 is 2.29 bits per heavy atom. The van der Waals surface area contributed by atoms with Crippen LogP contribution in [0.15, 0.2) is 12.2 Å². The van der Waals surface area contributed by atoms with Crippen molar-refractivity contribution < 1.29 is 22.1 Å². The molecule has 0 unspecified atom stereocenters. The molecule has 14 heavy (non-hydrogen) atoms. The maximum atomic E-state index is 10.5. The SMILES string of the molecule is COC(/C=C\CCOS(C)(=O)=O)OC. The van der Waals surface area contributed by atoms with E-state index in [2.05, 4.69) is 4.18 Å². The Balaban J connectivity index is 3.63. The maximum Gasteiger partial charge on any atom is 0.264 e. The van der Waals surface area contributed by atoms with Gasteiger partial charge in [-0.15, -0.1) is 0 Å². The van der Waals surface area contributed by atoms with E-state index in [1.165, 1.54) is 14.2 Å². The van der Waals surface area contributed by atoms with Crippen molar-refractivity contribution in [1.29, 1.82) is 0 Å². The second kappa shape index (κ2) is 6.94. The summed E-state index contributed by atoms with van der Waals surface area (Å²) < 4.78 is 35.4. The molecule has 5 nitrogen and oxygen atoms in total. The lowest BCUT2D eigenvalue weighted by molar-refractivity contribution is -0.0667. The minimum atomic E-state index is -3.33. The van der Waals surface area contributed by atoms with Crippen molar-refractivity contribution in [2.45, 2.75) is 12.7 Å². The highest BCUT2D eigenvalue weighted by atomic mass is 32.2. The molecular formula is C8H16O5S. The Kier molecular flexibility index (Phi) is 6.73. The fourth-order valence-electron chi connectivity index (χ4n) is 0.728. The summed E-state index contributed by atoms with van der Waals surface area (Å²) in [5, 5.41) is 0. The Morgan fingerprint density at radius 2 is 1.86 bits per heavy atom. The molecule has 6 heteroatoms. The summed E-state index contributed by atoms with van der Waals surface area (Å²) in [6.45, 7) is 0.134. The van der Waals surface area contributed by atoms with Gasteiger partial charge in [-0.3, -0.25) is 4.18 Å². The van der Waals surface area contributed by atoms with Crippen LogP contribution in [0.5, 0.6) is 0 Å². The second-order valence-corrected chi connectivity index (χ2v) is 4.23. The second-order valence-electron chi connectivity index (χ2n) is 2.58. The standard InChI is InChI=1S/C8H16O5S/c1-11-8(12-2)6-4-5-7-13-14(3,9)10/h4,6,8H,5,7H2,1-3H3/b6-4-. The summed E-state index contributed by atoms with van der Waals surface area (Å²) in [4.78, 5) is 0. The average Bonchev–Trinajstić information content (AvgIpc) is 2.09. The van der Waals surface area contributed by atoms with Crippen molar-refractivity contribution >= 4 is 10.1 Å². The van der Waals surface area contributed by atoms with Gasteiger partial charge in [-0.2, -0.15) is 8.42 Å². The smallest absolute Gasteiger partial charge is 0.264 e. The highest BCUT2D eigenvalue weighted by Crippen LogP contribution is 1.96. The van der Waals surface area contributed by atoms with E-state index in [4.69, 9.17) is 9.47 Å². The predicted molar refractivity (Wildman–Crippen MR) is 52.4 cm³/mol. The van der Waals surface area contributed by atoms with Crippen molar-refractivity contribution in [1.82, 2.24) is 0 Å². The molecule has 0 N–H and O–H groups in total. The Hall–Kier alpha value is -0.430. The fraction of sp³-hybridized carbons (Fsp3) is 0.750. The topological polar surface area (TPSA) is 61.8 Å². The van der Waals surface area contributed by atoms with Crippen LogP contribution in [0.25, 0.3) is 0 Å². The van der Waals surface area contributed by atoms with Crippen molar-refractivity contribution in [3.05, 3.63) is 12.2 Å². The van der Waals surface area contributed by atoms with E-state index < -0.39 is 16.4 Å². The highest BCUT2D eigenvalue weighted by molar-refractivity contribution is 7.85. The lowest BCUT2D eigenvalue weighted by atomic mass is 10.4. The van der Waals surface area contributed by atoms with Gasteiger partial charge in [-0.25, -0.2) is 0 Å². The zero-order valence-electron chi connectivity index (χ0n) is 8.60. The number of methoxy groups -OCH3 is 2. The van der Waals surface area contributed by atoms with Gasteiger partial charge < -0.3 is 9.47 Å². The van der Waals surface area contributed by atoms with Crippen molar-refractivity contribution in [3.8, 4) is 0 Å². The van der Waals surface area contributed by atoms with Crippen LogP contribution in [-0.2, 0) is 23.8 Å². The van der Waals surface area contributed by atoms with Crippen LogP contribution < -0.4 is 0 Å². The van der Waals surface area contributed by atoms with Crippen LogP contribution in [-0.4, -0.2) is 41.8 Å². The maximum absolute atomic E-state index is 10.5. The van der Waals surface area contributed by atoms with Gasteiger partial charge in [-0.1, -0.05) is 6.08 Å². The molecule has 0 aromatic heterocycles. The molecule has 0 bridgehead atoms. The third kappa shape index (κ3) is 8.18. The van der Waals surface area contributed by atoms with Gasteiger partial charge in [0.05, 0.1) is 12.9 Å². The molecule has 0 heterocycles. The molecule has 84 valence electrons. The molecule has 0 saturated heterocycles. The summed E-state index contributed by atoms with van der Waals surface area (Å²) in [6, 6.07) is 0. The Labute approximate surface area is 84.8 Å². The molecule has 0 spiro atoms. The van der Waals surface area contributed by atoms with E-state index in [9.17, 15) is 8.42 Å². The minimum Gasteiger partial charge on any atom is -0.352 e. The average molecular weight is 224 g/mol.